The van der Waals surface area contributed by atoms with E-state index in [2.05, 4.69) is 65.0 Å². The number of nitrogens with one attached hydrogen (secondary N) is 2. The van der Waals surface area contributed by atoms with Crippen LogP contribution in [0.1, 0.15) is 41.6 Å². The topological polar surface area (TPSA) is 58.5 Å². The van der Waals surface area contributed by atoms with Gasteiger partial charge in [0.1, 0.15) is 5.75 Å². The lowest BCUT2D eigenvalue weighted by Crippen LogP contribution is -2.39. The smallest absolute Gasteiger partial charge is 0.190 e. The second-order valence-electron chi connectivity index (χ2n) is 6.56. The molecule has 0 unspecified atom stereocenters. The summed E-state index contributed by atoms with van der Waals surface area (Å²) in [5.74, 6) is 2.26. The first-order chi connectivity index (χ1) is 12.5. The summed E-state index contributed by atoms with van der Waals surface area (Å²) in [6.07, 6.45) is 1.82. The number of aromatic nitrogens is 1. The minimum Gasteiger partial charge on any atom is -0.496 e. The van der Waals surface area contributed by atoms with Crippen molar-refractivity contribution in [3.63, 3.8) is 0 Å². The van der Waals surface area contributed by atoms with Gasteiger partial charge in [-0.15, -0.1) is 35.3 Å². The zero-order chi connectivity index (χ0) is 18.9. The molecule has 0 aliphatic heterocycles. The van der Waals surface area contributed by atoms with Crippen LogP contribution in [-0.2, 0) is 12.8 Å². The summed E-state index contributed by atoms with van der Waals surface area (Å²) >= 11 is 1.74. The second kappa shape index (κ2) is 12.2. The van der Waals surface area contributed by atoms with Crippen LogP contribution < -0.4 is 15.4 Å². The summed E-state index contributed by atoms with van der Waals surface area (Å²) in [6.45, 7) is 8.05. The molecule has 0 saturated heterocycles. The molecule has 1 aromatic heterocycles. The third-order valence-corrected chi connectivity index (χ3v) is 5.33. The van der Waals surface area contributed by atoms with Gasteiger partial charge in [-0.05, 0) is 30.5 Å². The Labute approximate surface area is 184 Å². The number of nitrogens with zero attached hydrogens (tertiary/aromatic N) is 2. The molecule has 0 bridgehead atoms. The Bertz CT molecular complexity index is 731. The van der Waals surface area contributed by atoms with Gasteiger partial charge in [0, 0.05) is 37.9 Å². The number of ether oxygens (including phenoxy) is 1. The summed E-state index contributed by atoms with van der Waals surface area (Å²) in [7, 11) is 3.51. The molecule has 2 aromatic rings. The van der Waals surface area contributed by atoms with Crippen molar-refractivity contribution in [2.75, 3.05) is 27.2 Å². The first-order valence-corrected chi connectivity index (χ1v) is 9.93. The molecule has 2 N–H and O–H groups in total. The van der Waals surface area contributed by atoms with Crippen LogP contribution in [0.3, 0.4) is 0 Å². The minimum atomic E-state index is 0. The highest BCUT2D eigenvalue weighted by Gasteiger charge is 2.06. The Kier molecular flexibility index (Phi) is 10.7. The van der Waals surface area contributed by atoms with E-state index in [0.29, 0.717) is 5.92 Å². The Morgan fingerprint density at radius 1 is 1.22 bits per heavy atom. The minimum absolute atomic E-state index is 0. The number of aryl methyl sites for hydroxylation is 1. The van der Waals surface area contributed by atoms with E-state index in [0.717, 1.165) is 48.9 Å². The molecule has 0 radical (unpaired) electrons. The van der Waals surface area contributed by atoms with E-state index in [1.54, 1.807) is 25.5 Å². The van der Waals surface area contributed by atoms with Crippen LogP contribution in [0.4, 0.5) is 0 Å². The molecule has 2 rings (SSSR count). The molecule has 150 valence electrons. The van der Waals surface area contributed by atoms with Gasteiger partial charge < -0.3 is 15.4 Å². The predicted molar refractivity (Wildman–Crippen MR) is 126 cm³/mol. The fourth-order valence-electron chi connectivity index (χ4n) is 2.58. The van der Waals surface area contributed by atoms with E-state index in [-0.39, 0.29) is 24.0 Å². The van der Waals surface area contributed by atoms with Crippen LogP contribution >= 0.6 is 35.3 Å². The third kappa shape index (κ3) is 7.65. The summed E-state index contributed by atoms with van der Waals surface area (Å²) in [6, 6.07) is 6.34. The van der Waals surface area contributed by atoms with Crippen molar-refractivity contribution >= 4 is 41.3 Å². The number of aliphatic imine (C=N–C) groups is 1. The van der Waals surface area contributed by atoms with Gasteiger partial charge in [-0.2, -0.15) is 0 Å². The molecular weight excluding hydrogens is 471 g/mol. The van der Waals surface area contributed by atoms with Gasteiger partial charge in [0.05, 0.1) is 17.8 Å². The molecule has 27 heavy (non-hydrogen) atoms. The van der Waals surface area contributed by atoms with E-state index < -0.39 is 0 Å². The molecule has 7 heteroatoms. The van der Waals surface area contributed by atoms with Crippen molar-refractivity contribution in [1.29, 1.82) is 0 Å². The Morgan fingerprint density at radius 2 is 1.93 bits per heavy atom. The van der Waals surface area contributed by atoms with E-state index >= 15 is 0 Å². The van der Waals surface area contributed by atoms with E-state index in [4.69, 9.17) is 4.74 Å². The standard InChI is InChI=1S/C20H30N4OS.HI/c1-14(2)19-24-17(13-26-19)9-11-23-20(21-4)22-10-8-16-7-6-15(3)18(12-16)25-5;/h6-7,12-14H,8-11H2,1-5H3,(H2,21,22,23);1H. The van der Waals surface area contributed by atoms with Crippen LogP contribution in [0.2, 0.25) is 0 Å². The predicted octanol–water partition coefficient (Wildman–Crippen LogP) is 4.15. The lowest BCUT2D eigenvalue weighted by molar-refractivity contribution is 0.411. The molecule has 0 aliphatic carbocycles. The van der Waals surface area contributed by atoms with Gasteiger partial charge in [0.2, 0.25) is 0 Å². The molecule has 0 spiro atoms. The molecule has 0 saturated carbocycles. The molecule has 0 aliphatic rings. The van der Waals surface area contributed by atoms with Crippen LogP contribution in [0.25, 0.3) is 0 Å². The van der Waals surface area contributed by atoms with Crippen LogP contribution in [-0.4, -0.2) is 38.2 Å². The number of halogens is 1. The second-order valence-corrected chi connectivity index (χ2v) is 7.45. The first kappa shape index (κ1) is 23.7. The summed E-state index contributed by atoms with van der Waals surface area (Å²) in [5, 5.41) is 10.1. The van der Waals surface area contributed by atoms with Gasteiger partial charge >= 0.3 is 0 Å². The van der Waals surface area contributed by atoms with Crippen molar-refractivity contribution in [3.05, 3.63) is 45.4 Å². The summed E-state index contributed by atoms with van der Waals surface area (Å²) in [5.41, 5.74) is 3.55. The van der Waals surface area contributed by atoms with Crippen LogP contribution in [0.15, 0.2) is 28.6 Å². The average molecular weight is 502 g/mol. The highest BCUT2D eigenvalue weighted by Crippen LogP contribution is 2.19. The van der Waals surface area contributed by atoms with Gasteiger partial charge in [-0.1, -0.05) is 26.0 Å². The molecular formula is C20H31IN4OS. The van der Waals surface area contributed by atoms with Crippen LogP contribution in [0, 0.1) is 6.92 Å². The highest BCUT2D eigenvalue weighted by molar-refractivity contribution is 14.0. The van der Waals surface area contributed by atoms with Crippen molar-refractivity contribution in [3.8, 4) is 5.75 Å². The number of methoxy groups -OCH3 is 1. The summed E-state index contributed by atoms with van der Waals surface area (Å²) in [4.78, 5) is 8.95. The maximum absolute atomic E-state index is 5.38. The van der Waals surface area contributed by atoms with Crippen molar-refractivity contribution in [1.82, 2.24) is 15.6 Å². The van der Waals surface area contributed by atoms with Crippen molar-refractivity contribution in [2.24, 2.45) is 4.99 Å². The fourth-order valence-corrected chi connectivity index (χ4v) is 3.45. The average Bonchev–Trinajstić information content (AvgIpc) is 3.11. The normalized spacial score (nSPS) is 11.3. The number of benzene rings is 1. The lowest BCUT2D eigenvalue weighted by Gasteiger charge is -2.12. The Hall–Kier alpha value is -1.35. The molecule has 1 heterocycles. The van der Waals surface area contributed by atoms with Crippen molar-refractivity contribution in [2.45, 2.75) is 39.5 Å². The number of hydrogen-bond donors (Lipinski definition) is 2. The fraction of sp³-hybridized carbons (Fsp3) is 0.500. The molecule has 0 atom stereocenters. The number of rotatable bonds is 8. The number of guanidine groups is 1. The Balaban J connectivity index is 0.00000364. The molecule has 0 amide bonds. The zero-order valence-corrected chi connectivity index (χ0v) is 20.0. The van der Waals surface area contributed by atoms with E-state index in [1.807, 2.05) is 0 Å². The van der Waals surface area contributed by atoms with Gasteiger partial charge in [0.25, 0.3) is 0 Å². The summed E-state index contributed by atoms with van der Waals surface area (Å²) < 4.78 is 5.38. The van der Waals surface area contributed by atoms with Gasteiger partial charge in [-0.3, -0.25) is 4.99 Å². The number of hydrogen-bond acceptors (Lipinski definition) is 4. The molecule has 5 nitrogen and oxygen atoms in total. The largest absolute Gasteiger partial charge is 0.496 e. The lowest BCUT2D eigenvalue weighted by atomic mass is 10.1. The maximum atomic E-state index is 5.38. The molecule has 0 fully saturated rings. The molecule has 1 aromatic carbocycles. The van der Waals surface area contributed by atoms with Gasteiger partial charge in [0.15, 0.2) is 5.96 Å². The van der Waals surface area contributed by atoms with E-state index in [9.17, 15) is 0 Å². The van der Waals surface area contributed by atoms with Crippen molar-refractivity contribution < 1.29 is 4.74 Å². The van der Waals surface area contributed by atoms with Gasteiger partial charge in [-0.25, -0.2) is 4.98 Å². The van der Waals surface area contributed by atoms with Crippen LogP contribution in [0.5, 0.6) is 5.75 Å². The Morgan fingerprint density at radius 3 is 2.52 bits per heavy atom. The maximum Gasteiger partial charge on any atom is 0.190 e. The zero-order valence-electron chi connectivity index (χ0n) is 16.8. The quantitative estimate of drug-likeness (QED) is 0.324. The highest BCUT2D eigenvalue weighted by atomic mass is 127. The first-order valence-electron chi connectivity index (χ1n) is 9.05. The third-order valence-electron chi connectivity index (χ3n) is 4.14. The number of thiazole rings is 1. The van der Waals surface area contributed by atoms with E-state index in [1.165, 1.54) is 10.6 Å². The monoisotopic (exact) mass is 502 g/mol. The SMILES string of the molecule is CN=C(NCCc1ccc(C)c(OC)c1)NCCc1csc(C(C)C)n1.I.